The minimum Gasteiger partial charge on any atom is -0.365 e. The maximum absolute atomic E-state index is 4.27. The summed E-state index contributed by atoms with van der Waals surface area (Å²) in [6.07, 6.45) is 0. The molecule has 0 aliphatic carbocycles. The number of rotatable bonds is 4. The number of hydrogen-bond acceptors (Lipinski definition) is 2. The molecule has 0 saturated heterocycles. The van der Waals surface area contributed by atoms with Gasteiger partial charge in [0.2, 0.25) is 0 Å². The highest BCUT2D eigenvalue weighted by Crippen LogP contribution is 2.19. The van der Waals surface area contributed by atoms with Crippen LogP contribution in [0.4, 0.5) is 5.82 Å². The smallest absolute Gasteiger partial charge is 0.148 e. The van der Waals surface area contributed by atoms with Crippen LogP contribution in [-0.4, -0.2) is 10.2 Å². The molecule has 3 nitrogen and oxygen atoms in total. The molecule has 0 saturated carbocycles. The van der Waals surface area contributed by atoms with Crippen LogP contribution in [0.15, 0.2) is 66.7 Å². The van der Waals surface area contributed by atoms with E-state index in [4.69, 9.17) is 0 Å². The van der Waals surface area contributed by atoms with E-state index in [9.17, 15) is 0 Å². The fourth-order valence-corrected chi connectivity index (χ4v) is 1.97. The lowest BCUT2D eigenvalue weighted by molar-refractivity contribution is 1.05. The Hall–Kier alpha value is -2.55. The lowest BCUT2D eigenvalue weighted by Gasteiger charge is -2.01. The molecule has 0 atom stereocenters. The van der Waals surface area contributed by atoms with Crippen molar-refractivity contribution < 1.29 is 0 Å². The second kappa shape index (κ2) is 5.40. The summed E-state index contributed by atoms with van der Waals surface area (Å²) in [7, 11) is 0. The minimum absolute atomic E-state index is 0.778. The van der Waals surface area contributed by atoms with Crippen molar-refractivity contribution in [2.24, 2.45) is 0 Å². The molecule has 0 unspecified atom stereocenters. The van der Waals surface area contributed by atoms with Gasteiger partial charge >= 0.3 is 0 Å². The van der Waals surface area contributed by atoms with Crippen molar-refractivity contribution in [1.29, 1.82) is 0 Å². The van der Waals surface area contributed by atoms with Crippen LogP contribution in [-0.2, 0) is 6.54 Å². The molecule has 19 heavy (non-hydrogen) atoms. The maximum Gasteiger partial charge on any atom is 0.148 e. The van der Waals surface area contributed by atoms with Crippen molar-refractivity contribution >= 4 is 5.82 Å². The Morgan fingerprint density at radius 3 is 2.32 bits per heavy atom. The van der Waals surface area contributed by atoms with Gasteiger partial charge in [-0.25, -0.2) is 0 Å². The second-order valence-electron chi connectivity index (χ2n) is 4.37. The Labute approximate surface area is 112 Å². The van der Waals surface area contributed by atoms with E-state index in [0.717, 1.165) is 23.6 Å². The van der Waals surface area contributed by atoms with Crippen LogP contribution < -0.4 is 5.32 Å². The Morgan fingerprint density at radius 2 is 1.58 bits per heavy atom. The zero-order chi connectivity index (χ0) is 12.9. The lowest BCUT2D eigenvalue weighted by atomic mass is 10.1. The second-order valence-corrected chi connectivity index (χ2v) is 4.37. The zero-order valence-corrected chi connectivity index (χ0v) is 10.5. The number of anilines is 1. The number of nitrogens with zero attached hydrogens (tertiary/aromatic N) is 1. The van der Waals surface area contributed by atoms with Crippen molar-refractivity contribution in [1.82, 2.24) is 10.2 Å². The van der Waals surface area contributed by atoms with Crippen LogP contribution in [0.25, 0.3) is 11.3 Å². The van der Waals surface area contributed by atoms with Gasteiger partial charge in [-0.05, 0) is 11.1 Å². The third kappa shape index (κ3) is 2.83. The van der Waals surface area contributed by atoms with Gasteiger partial charge in [0.05, 0.1) is 5.69 Å². The molecule has 0 aliphatic rings. The first kappa shape index (κ1) is 11.5. The summed E-state index contributed by atoms with van der Waals surface area (Å²) in [4.78, 5) is 0. The van der Waals surface area contributed by atoms with E-state index < -0.39 is 0 Å². The van der Waals surface area contributed by atoms with Gasteiger partial charge in [-0.3, -0.25) is 5.10 Å². The highest BCUT2D eigenvalue weighted by atomic mass is 15.2. The molecule has 0 bridgehead atoms. The van der Waals surface area contributed by atoms with Crippen molar-refractivity contribution in [2.45, 2.75) is 6.54 Å². The summed E-state index contributed by atoms with van der Waals surface area (Å²) in [6.45, 7) is 0.778. The van der Waals surface area contributed by atoms with Gasteiger partial charge in [-0.15, -0.1) is 0 Å². The predicted octanol–water partition coefficient (Wildman–Crippen LogP) is 3.69. The van der Waals surface area contributed by atoms with E-state index in [1.54, 1.807) is 0 Å². The molecule has 0 fully saturated rings. The van der Waals surface area contributed by atoms with Gasteiger partial charge in [0.25, 0.3) is 0 Å². The zero-order valence-electron chi connectivity index (χ0n) is 10.5. The van der Waals surface area contributed by atoms with E-state index in [2.05, 4.69) is 39.8 Å². The van der Waals surface area contributed by atoms with Crippen LogP contribution in [0.2, 0.25) is 0 Å². The first-order valence-corrected chi connectivity index (χ1v) is 6.30. The summed E-state index contributed by atoms with van der Waals surface area (Å²) < 4.78 is 0. The van der Waals surface area contributed by atoms with Crippen LogP contribution in [0.5, 0.6) is 0 Å². The molecule has 1 heterocycles. The average molecular weight is 249 g/mol. The summed E-state index contributed by atoms with van der Waals surface area (Å²) in [5.41, 5.74) is 3.41. The van der Waals surface area contributed by atoms with E-state index in [1.165, 1.54) is 5.56 Å². The number of benzene rings is 2. The van der Waals surface area contributed by atoms with E-state index in [0.29, 0.717) is 0 Å². The number of nitrogens with one attached hydrogen (secondary N) is 2. The van der Waals surface area contributed by atoms with Crippen molar-refractivity contribution in [3.8, 4) is 11.3 Å². The van der Waals surface area contributed by atoms with Gasteiger partial charge in [0, 0.05) is 12.6 Å². The molecule has 2 N–H and O–H groups in total. The van der Waals surface area contributed by atoms with Gasteiger partial charge in [0.15, 0.2) is 0 Å². The van der Waals surface area contributed by atoms with Crippen molar-refractivity contribution in [3.05, 3.63) is 72.3 Å². The Balaban J connectivity index is 1.69. The lowest BCUT2D eigenvalue weighted by Crippen LogP contribution is -1.98. The van der Waals surface area contributed by atoms with E-state index in [-0.39, 0.29) is 0 Å². The van der Waals surface area contributed by atoms with Crippen molar-refractivity contribution in [3.63, 3.8) is 0 Å². The van der Waals surface area contributed by atoms with Crippen LogP contribution in [0.1, 0.15) is 5.56 Å². The number of H-pyrrole nitrogens is 1. The molecule has 0 amide bonds. The first-order valence-electron chi connectivity index (χ1n) is 6.30. The molecule has 3 rings (SSSR count). The van der Waals surface area contributed by atoms with Crippen molar-refractivity contribution in [2.75, 3.05) is 5.32 Å². The van der Waals surface area contributed by atoms with Crippen LogP contribution >= 0.6 is 0 Å². The monoisotopic (exact) mass is 249 g/mol. The normalized spacial score (nSPS) is 10.3. The fraction of sp³-hybridized carbons (Fsp3) is 0.0625. The van der Waals surface area contributed by atoms with E-state index >= 15 is 0 Å². The van der Waals surface area contributed by atoms with Crippen LogP contribution in [0.3, 0.4) is 0 Å². The van der Waals surface area contributed by atoms with E-state index in [1.807, 2.05) is 42.5 Å². The van der Waals surface area contributed by atoms with Gasteiger partial charge in [-0.2, -0.15) is 5.10 Å². The molecule has 1 aromatic heterocycles. The molecular formula is C16H15N3. The summed E-state index contributed by atoms with van der Waals surface area (Å²) >= 11 is 0. The summed E-state index contributed by atoms with van der Waals surface area (Å²) in [5.74, 6) is 0.864. The number of hydrogen-bond donors (Lipinski definition) is 2. The molecule has 0 radical (unpaired) electrons. The first-order chi connectivity index (χ1) is 9.42. The fourth-order valence-electron chi connectivity index (χ4n) is 1.97. The highest BCUT2D eigenvalue weighted by Gasteiger charge is 2.02. The quantitative estimate of drug-likeness (QED) is 0.740. The Morgan fingerprint density at radius 1 is 0.895 bits per heavy atom. The van der Waals surface area contributed by atoms with Gasteiger partial charge < -0.3 is 5.32 Å². The highest BCUT2D eigenvalue weighted by molar-refractivity contribution is 5.62. The molecule has 94 valence electrons. The minimum atomic E-state index is 0.778. The number of aromatic nitrogens is 2. The SMILES string of the molecule is c1ccc(CNc2cc(-c3ccccc3)[nH]n2)cc1. The Kier molecular flexibility index (Phi) is 3.28. The molecule has 2 aromatic carbocycles. The predicted molar refractivity (Wildman–Crippen MR) is 77.8 cm³/mol. The maximum atomic E-state index is 4.27. The summed E-state index contributed by atoms with van der Waals surface area (Å²) in [5, 5.41) is 10.6. The number of aromatic amines is 1. The van der Waals surface area contributed by atoms with Crippen LogP contribution in [0, 0.1) is 0 Å². The molecular weight excluding hydrogens is 234 g/mol. The molecule has 0 aliphatic heterocycles. The molecule has 3 heteroatoms. The standard InChI is InChI=1S/C16H15N3/c1-3-7-13(8-4-1)12-17-16-11-15(18-19-16)14-9-5-2-6-10-14/h1-11H,12H2,(H2,17,18,19). The third-order valence-corrected chi connectivity index (χ3v) is 2.98. The van der Waals surface area contributed by atoms with Gasteiger partial charge in [-0.1, -0.05) is 60.7 Å². The molecule has 3 aromatic rings. The largest absolute Gasteiger partial charge is 0.365 e. The summed E-state index contributed by atoms with van der Waals surface area (Å²) in [6, 6.07) is 22.5. The average Bonchev–Trinajstić information content (AvgIpc) is 2.96. The topological polar surface area (TPSA) is 40.7 Å². The van der Waals surface area contributed by atoms with Gasteiger partial charge in [0.1, 0.15) is 5.82 Å². The Bertz CT molecular complexity index is 629. The molecule has 0 spiro atoms. The third-order valence-electron chi connectivity index (χ3n) is 2.98.